The summed E-state index contributed by atoms with van der Waals surface area (Å²) < 4.78 is 11.0. The molecular formula is C12H14O3. The summed E-state index contributed by atoms with van der Waals surface area (Å²) >= 11 is 0. The van der Waals surface area contributed by atoms with Crippen LogP contribution in [0.25, 0.3) is 0 Å². The Morgan fingerprint density at radius 2 is 2.20 bits per heavy atom. The van der Waals surface area contributed by atoms with Gasteiger partial charge in [-0.2, -0.15) is 0 Å². The first-order valence-electron chi connectivity index (χ1n) is 5.24. The molecule has 2 rings (SSSR count). The highest BCUT2D eigenvalue weighted by atomic mass is 16.5. The molecule has 1 aliphatic heterocycles. The van der Waals surface area contributed by atoms with Crippen molar-refractivity contribution in [3.63, 3.8) is 0 Å². The van der Waals surface area contributed by atoms with E-state index in [2.05, 4.69) is 0 Å². The van der Waals surface area contributed by atoms with Crippen molar-refractivity contribution in [3.8, 4) is 11.5 Å². The molecule has 0 bridgehead atoms. The van der Waals surface area contributed by atoms with Gasteiger partial charge in [-0.05, 0) is 25.5 Å². The van der Waals surface area contributed by atoms with Crippen LogP contribution in [-0.2, 0) is 0 Å². The zero-order chi connectivity index (χ0) is 10.8. The second kappa shape index (κ2) is 3.93. The van der Waals surface area contributed by atoms with Crippen LogP contribution in [-0.4, -0.2) is 18.5 Å². The minimum atomic E-state index is -0.332. The van der Waals surface area contributed by atoms with Gasteiger partial charge in [0.2, 0.25) is 5.78 Å². The van der Waals surface area contributed by atoms with Crippen molar-refractivity contribution in [3.05, 3.63) is 23.8 Å². The minimum Gasteiger partial charge on any atom is -0.490 e. The standard InChI is InChI=1S/C12H14O3/c1-3-9-11(13)8-6-5-7-10(14-4-2)12(8)15-9/h5-7,9H,3-4H2,1-2H3. The molecule has 0 aliphatic carbocycles. The van der Waals surface area contributed by atoms with Crippen molar-refractivity contribution >= 4 is 5.78 Å². The molecule has 15 heavy (non-hydrogen) atoms. The number of para-hydroxylation sites is 1. The van der Waals surface area contributed by atoms with E-state index in [0.717, 1.165) is 0 Å². The third kappa shape index (κ3) is 1.58. The molecule has 0 N–H and O–H groups in total. The van der Waals surface area contributed by atoms with Crippen LogP contribution in [0.1, 0.15) is 30.6 Å². The number of benzene rings is 1. The van der Waals surface area contributed by atoms with E-state index in [4.69, 9.17) is 9.47 Å². The highest BCUT2D eigenvalue weighted by Crippen LogP contribution is 2.38. The fourth-order valence-corrected chi connectivity index (χ4v) is 1.74. The quantitative estimate of drug-likeness (QED) is 0.762. The van der Waals surface area contributed by atoms with E-state index in [9.17, 15) is 4.79 Å². The molecule has 1 aliphatic rings. The van der Waals surface area contributed by atoms with Gasteiger partial charge in [0.25, 0.3) is 0 Å². The predicted molar refractivity (Wildman–Crippen MR) is 56.6 cm³/mol. The van der Waals surface area contributed by atoms with Crippen LogP contribution in [0.15, 0.2) is 18.2 Å². The first kappa shape index (κ1) is 10.0. The highest BCUT2D eigenvalue weighted by Gasteiger charge is 2.33. The van der Waals surface area contributed by atoms with Crippen molar-refractivity contribution < 1.29 is 14.3 Å². The van der Waals surface area contributed by atoms with Gasteiger partial charge in [-0.15, -0.1) is 0 Å². The van der Waals surface area contributed by atoms with E-state index < -0.39 is 0 Å². The minimum absolute atomic E-state index is 0.0639. The summed E-state index contributed by atoms with van der Waals surface area (Å²) in [6.45, 7) is 4.42. The second-order valence-electron chi connectivity index (χ2n) is 3.44. The van der Waals surface area contributed by atoms with Crippen molar-refractivity contribution in [1.29, 1.82) is 0 Å². The lowest BCUT2D eigenvalue weighted by Crippen LogP contribution is -2.18. The summed E-state index contributed by atoms with van der Waals surface area (Å²) in [6.07, 6.45) is 0.362. The maximum atomic E-state index is 11.8. The van der Waals surface area contributed by atoms with Crippen molar-refractivity contribution in [1.82, 2.24) is 0 Å². The molecule has 3 heteroatoms. The Bertz CT molecular complexity index is 384. The Labute approximate surface area is 89.0 Å². The number of hydrogen-bond acceptors (Lipinski definition) is 3. The molecule has 0 spiro atoms. The van der Waals surface area contributed by atoms with Crippen LogP contribution in [0.4, 0.5) is 0 Å². The second-order valence-corrected chi connectivity index (χ2v) is 3.44. The summed E-state index contributed by atoms with van der Waals surface area (Å²) in [5.74, 6) is 1.34. The molecule has 0 amide bonds. The molecule has 0 saturated carbocycles. The number of carbonyl (C=O) groups excluding carboxylic acids is 1. The molecule has 0 fully saturated rings. The molecule has 1 aromatic carbocycles. The Kier molecular flexibility index (Phi) is 2.62. The maximum Gasteiger partial charge on any atom is 0.207 e. The van der Waals surface area contributed by atoms with Gasteiger partial charge in [0.1, 0.15) is 0 Å². The molecular weight excluding hydrogens is 192 g/mol. The number of Topliss-reactive ketones (excluding diaryl/α,β-unsaturated/α-hetero) is 1. The molecule has 1 unspecified atom stereocenters. The lowest BCUT2D eigenvalue weighted by molar-refractivity contribution is 0.0850. The first-order chi connectivity index (χ1) is 7.27. The van der Waals surface area contributed by atoms with E-state index in [1.807, 2.05) is 26.0 Å². The van der Waals surface area contributed by atoms with Crippen LogP contribution < -0.4 is 9.47 Å². The number of fused-ring (bicyclic) bond motifs is 1. The molecule has 1 aromatic rings. The van der Waals surface area contributed by atoms with Gasteiger partial charge in [0.05, 0.1) is 12.2 Å². The van der Waals surface area contributed by atoms with Crippen molar-refractivity contribution in [2.75, 3.05) is 6.61 Å². The molecule has 0 saturated heterocycles. The van der Waals surface area contributed by atoms with Gasteiger partial charge >= 0.3 is 0 Å². The van der Waals surface area contributed by atoms with Crippen molar-refractivity contribution in [2.45, 2.75) is 26.4 Å². The topological polar surface area (TPSA) is 35.5 Å². The SMILES string of the molecule is CCOc1cccc2c1OC(CC)C2=O. The fraction of sp³-hybridized carbons (Fsp3) is 0.417. The maximum absolute atomic E-state index is 11.8. The average molecular weight is 206 g/mol. The van der Waals surface area contributed by atoms with E-state index in [0.29, 0.717) is 30.1 Å². The molecule has 3 nitrogen and oxygen atoms in total. The number of hydrogen-bond donors (Lipinski definition) is 0. The van der Waals surface area contributed by atoms with Gasteiger partial charge in [-0.25, -0.2) is 0 Å². The highest BCUT2D eigenvalue weighted by molar-refractivity contribution is 6.05. The van der Waals surface area contributed by atoms with Gasteiger partial charge in [-0.1, -0.05) is 13.0 Å². The Hall–Kier alpha value is -1.51. The Morgan fingerprint density at radius 3 is 2.87 bits per heavy atom. The molecule has 1 atom stereocenters. The lowest BCUT2D eigenvalue weighted by atomic mass is 10.1. The third-order valence-corrected chi connectivity index (χ3v) is 2.47. The van der Waals surface area contributed by atoms with Crippen molar-refractivity contribution in [2.24, 2.45) is 0 Å². The lowest BCUT2D eigenvalue weighted by Gasteiger charge is -2.09. The first-order valence-corrected chi connectivity index (χ1v) is 5.24. The van der Waals surface area contributed by atoms with E-state index >= 15 is 0 Å². The predicted octanol–water partition coefficient (Wildman–Crippen LogP) is 2.44. The van der Waals surface area contributed by atoms with Crippen LogP contribution in [0.3, 0.4) is 0 Å². The summed E-state index contributed by atoms with van der Waals surface area (Å²) in [5.41, 5.74) is 0.646. The monoisotopic (exact) mass is 206 g/mol. The zero-order valence-corrected chi connectivity index (χ0v) is 8.95. The van der Waals surface area contributed by atoms with E-state index in [1.54, 1.807) is 6.07 Å². The van der Waals surface area contributed by atoms with Crippen LogP contribution in [0.2, 0.25) is 0 Å². The summed E-state index contributed by atoms with van der Waals surface area (Å²) in [4.78, 5) is 11.8. The van der Waals surface area contributed by atoms with Crippen LogP contribution in [0.5, 0.6) is 11.5 Å². The fourth-order valence-electron chi connectivity index (χ4n) is 1.74. The zero-order valence-electron chi connectivity index (χ0n) is 8.95. The average Bonchev–Trinajstić information content (AvgIpc) is 2.58. The smallest absolute Gasteiger partial charge is 0.207 e. The van der Waals surface area contributed by atoms with Crippen LogP contribution >= 0.6 is 0 Å². The molecule has 80 valence electrons. The Morgan fingerprint density at radius 1 is 1.40 bits per heavy atom. The van der Waals surface area contributed by atoms with Gasteiger partial charge in [0, 0.05) is 0 Å². The normalized spacial score (nSPS) is 18.5. The van der Waals surface area contributed by atoms with Crippen LogP contribution in [0, 0.1) is 0 Å². The summed E-state index contributed by atoms with van der Waals surface area (Å²) in [5, 5.41) is 0. The molecule has 0 aromatic heterocycles. The van der Waals surface area contributed by atoms with Gasteiger partial charge in [-0.3, -0.25) is 4.79 Å². The summed E-state index contributed by atoms with van der Waals surface area (Å²) in [7, 11) is 0. The number of ketones is 1. The van der Waals surface area contributed by atoms with E-state index in [1.165, 1.54) is 0 Å². The third-order valence-electron chi connectivity index (χ3n) is 2.47. The molecule has 1 heterocycles. The summed E-state index contributed by atoms with van der Waals surface area (Å²) in [6, 6.07) is 5.44. The largest absolute Gasteiger partial charge is 0.490 e. The number of rotatable bonds is 3. The molecule has 0 radical (unpaired) electrons. The number of carbonyl (C=O) groups is 1. The Balaban J connectivity index is 2.39. The van der Waals surface area contributed by atoms with Gasteiger partial charge < -0.3 is 9.47 Å². The number of ether oxygens (including phenoxy) is 2. The van der Waals surface area contributed by atoms with Gasteiger partial charge in [0.15, 0.2) is 17.6 Å². The van der Waals surface area contributed by atoms with E-state index in [-0.39, 0.29) is 11.9 Å².